The number of hydrogen-bond acceptors (Lipinski definition) is 4. The number of carbonyl (C=O) groups excluding carboxylic acids is 3. The molecule has 0 N–H and O–H groups in total. The maximum Gasteiger partial charge on any atom is 0.302 e. The van der Waals surface area contributed by atoms with Crippen molar-refractivity contribution in [1.82, 2.24) is 0 Å². The first-order valence-electron chi connectivity index (χ1n) is 9.08. The van der Waals surface area contributed by atoms with Gasteiger partial charge in [-0.25, -0.2) is 0 Å². The van der Waals surface area contributed by atoms with E-state index in [2.05, 4.69) is 6.92 Å². The van der Waals surface area contributed by atoms with Crippen LogP contribution in [0, 0.1) is 23.2 Å². The molecule has 0 aliphatic heterocycles. The molecule has 0 unspecified atom stereocenters. The zero-order valence-electron chi connectivity index (χ0n) is 14.3. The summed E-state index contributed by atoms with van der Waals surface area (Å²) in [6.07, 6.45) is 9.23. The van der Waals surface area contributed by atoms with E-state index in [0.29, 0.717) is 17.8 Å². The third-order valence-corrected chi connectivity index (χ3v) is 7.01. The van der Waals surface area contributed by atoms with Crippen molar-refractivity contribution in [3.05, 3.63) is 23.3 Å². The Labute approximate surface area is 142 Å². The first-order valence-corrected chi connectivity index (χ1v) is 9.08. The van der Waals surface area contributed by atoms with Crippen LogP contribution in [0.2, 0.25) is 0 Å². The highest BCUT2D eigenvalue weighted by Crippen LogP contribution is 2.61. The Balaban J connectivity index is 1.62. The molecule has 0 saturated heterocycles. The summed E-state index contributed by atoms with van der Waals surface area (Å²) in [4.78, 5) is 35.0. The third kappa shape index (κ3) is 2.22. The van der Waals surface area contributed by atoms with Crippen molar-refractivity contribution in [1.29, 1.82) is 0 Å². The lowest BCUT2D eigenvalue weighted by Crippen LogP contribution is -2.46. The van der Waals surface area contributed by atoms with Crippen molar-refractivity contribution < 1.29 is 19.1 Å². The molecule has 0 aromatic carbocycles. The lowest BCUT2D eigenvalue weighted by molar-refractivity contribution is -0.155. The van der Waals surface area contributed by atoms with Crippen molar-refractivity contribution in [3.8, 4) is 0 Å². The summed E-state index contributed by atoms with van der Waals surface area (Å²) in [5, 5.41) is 0. The van der Waals surface area contributed by atoms with Crippen LogP contribution in [0.5, 0.6) is 0 Å². The summed E-state index contributed by atoms with van der Waals surface area (Å²) < 4.78 is 5.64. The predicted molar refractivity (Wildman–Crippen MR) is 88.0 cm³/mol. The summed E-state index contributed by atoms with van der Waals surface area (Å²) >= 11 is 0. The van der Waals surface area contributed by atoms with Gasteiger partial charge in [0.15, 0.2) is 0 Å². The van der Waals surface area contributed by atoms with Gasteiger partial charge in [-0.2, -0.15) is 0 Å². The molecule has 0 radical (unpaired) electrons. The van der Waals surface area contributed by atoms with Gasteiger partial charge in [-0.15, -0.1) is 0 Å². The molecular weight excluding hydrogens is 304 g/mol. The van der Waals surface area contributed by atoms with E-state index in [1.807, 2.05) is 0 Å². The summed E-state index contributed by atoms with van der Waals surface area (Å²) in [6.45, 7) is 3.78. The fourth-order valence-electron chi connectivity index (χ4n) is 5.92. The fourth-order valence-corrected chi connectivity index (χ4v) is 5.92. The number of fused-ring (bicyclic) bond motifs is 5. The quantitative estimate of drug-likeness (QED) is 0.421. The van der Waals surface area contributed by atoms with Crippen LogP contribution >= 0.6 is 0 Å². The van der Waals surface area contributed by atoms with Gasteiger partial charge in [0, 0.05) is 12.3 Å². The lowest BCUT2D eigenvalue weighted by atomic mass is 9.54. The van der Waals surface area contributed by atoms with Crippen molar-refractivity contribution in [2.24, 2.45) is 23.2 Å². The molecule has 3 saturated carbocycles. The van der Waals surface area contributed by atoms with E-state index in [1.54, 1.807) is 12.2 Å². The lowest BCUT2D eigenvalue weighted by Gasteiger charge is -2.51. The number of carbonyl (C=O) groups is 3. The van der Waals surface area contributed by atoms with E-state index in [-0.39, 0.29) is 29.1 Å². The highest BCUT2D eigenvalue weighted by atomic mass is 16.5. The zero-order chi connectivity index (χ0) is 17.1. The van der Waals surface area contributed by atoms with Gasteiger partial charge in [0.2, 0.25) is 11.6 Å². The molecule has 0 aromatic heterocycles. The second kappa shape index (κ2) is 5.40. The highest BCUT2D eigenvalue weighted by molar-refractivity contribution is 6.46. The molecule has 0 spiro atoms. The van der Waals surface area contributed by atoms with Gasteiger partial charge in [0.25, 0.3) is 0 Å². The van der Waals surface area contributed by atoms with Gasteiger partial charge >= 0.3 is 5.97 Å². The molecule has 0 bridgehead atoms. The predicted octanol–water partition coefficient (Wildman–Crippen LogP) is 3.16. The Morgan fingerprint density at radius 2 is 1.88 bits per heavy atom. The SMILES string of the molecule is CC(=O)O[C@H]1CC[C@H]2[C@@H]3CCC4=CC(=O)C(=O)C=C4[C@H]3CC[C@]12C. The molecule has 0 heterocycles. The normalized spacial score (nSPS) is 40.9. The molecule has 4 nitrogen and oxygen atoms in total. The van der Waals surface area contributed by atoms with Crippen LogP contribution in [0.25, 0.3) is 0 Å². The molecule has 0 amide bonds. The van der Waals surface area contributed by atoms with Crippen LogP contribution in [0.4, 0.5) is 0 Å². The van der Waals surface area contributed by atoms with Crippen LogP contribution < -0.4 is 0 Å². The Kier molecular flexibility index (Phi) is 3.55. The maximum absolute atomic E-state index is 11.9. The highest BCUT2D eigenvalue weighted by Gasteiger charge is 2.56. The molecule has 3 fully saturated rings. The van der Waals surface area contributed by atoms with Gasteiger partial charge in [-0.3, -0.25) is 14.4 Å². The third-order valence-electron chi connectivity index (χ3n) is 7.01. The van der Waals surface area contributed by atoms with Crippen LogP contribution in [0.1, 0.15) is 52.4 Å². The number of ketones is 2. The fraction of sp³-hybridized carbons (Fsp3) is 0.650. The average Bonchev–Trinajstić information content (AvgIpc) is 2.85. The molecule has 24 heavy (non-hydrogen) atoms. The van der Waals surface area contributed by atoms with E-state index in [1.165, 1.54) is 6.92 Å². The van der Waals surface area contributed by atoms with E-state index in [4.69, 9.17) is 4.74 Å². The zero-order valence-corrected chi connectivity index (χ0v) is 14.3. The molecule has 0 aromatic rings. The van der Waals surface area contributed by atoms with Gasteiger partial charge in [0.05, 0.1) is 0 Å². The van der Waals surface area contributed by atoms with E-state index < -0.39 is 0 Å². The van der Waals surface area contributed by atoms with Crippen molar-refractivity contribution in [2.45, 2.75) is 58.5 Å². The molecule has 128 valence electrons. The molecule has 4 aliphatic carbocycles. The standard InChI is InChI=1S/C20H24O4/c1-11(21)24-19-6-5-16-14-4-3-12-9-17(22)18(23)10-15(12)13(14)7-8-20(16,19)2/h9-10,13-14,16,19H,3-8H2,1-2H3/t13-,14+,16-,19-,20-/m0/s1. The smallest absolute Gasteiger partial charge is 0.302 e. The number of rotatable bonds is 1. The second-order valence-electron chi connectivity index (χ2n) is 8.13. The number of allylic oxidation sites excluding steroid dienone is 4. The monoisotopic (exact) mass is 328 g/mol. The molecule has 4 aliphatic rings. The topological polar surface area (TPSA) is 60.4 Å². The van der Waals surface area contributed by atoms with E-state index >= 15 is 0 Å². The van der Waals surface area contributed by atoms with E-state index in [0.717, 1.165) is 49.7 Å². The Hall–Kier alpha value is -1.71. The summed E-state index contributed by atoms with van der Waals surface area (Å²) in [6, 6.07) is 0. The summed E-state index contributed by atoms with van der Waals surface area (Å²) in [5.41, 5.74) is 2.26. The van der Waals surface area contributed by atoms with Gasteiger partial charge < -0.3 is 4.74 Å². The van der Waals surface area contributed by atoms with Crippen molar-refractivity contribution in [2.75, 3.05) is 0 Å². The maximum atomic E-state index is 11.9. The van der Waals surface area contributed by atoms with Crippen LogP contribution in [0.15, 0.2) is 23.3 Å². The first kappa shape index (κ1) is 15.8. The second-order valence-corrected chi connectivity index (χ2v) is 8.13. The molecular formula is C20H24O4. The van der Waals surface area contributed by atoms with Gasteiger partial charge in [-0.05, 0) is 79.6 Å². The minimum atomic E-state index is -0.372. The number of esters is 1. The van der Waals surface area contributed by atoms with E-state index in [9.17, 15) is 14.4 Å². The number of ether oxygens (including phenoxy) is 1. The van der Waals surface area contributed by atoms with Crippen molar-refractivity contribution >= 4 is 17.5 Å². The van der Waals surface area contributed by atoms with Crippen LogP contribution in [0.3, 0.4) is 0 Å². The molecule has 4 rings (SSSR count). The Morgan fingerprint density at radius 1 is 1.12 bits per heavy atom. The van der Waals surface area contributed by atoms with Gasteiger partial charge in [-0.1, -0.05) is 6.92 Å². The summed E-state index contributed by atoms with van der Waals surface area (Å²) in [5.74, 6) is 0.535. The van der Waals surface area contributed by atoms with Crippen LogP contribution in [-0.4, -0.2) is 23.6 Å². The van der Waals surface area contributed by atoms with Gasteiger partial charge in [0.1, 0.15) is 6.10 Å². The Bertz CT molecular complexity index is 686. The minimum absolute atomic E-state index is 0.0291. The average molecular weight is 328 g/mol. The van der Waals surface area contributed by atoms with Crippen molar-refractivity contribution in [3.63, 3.8) is 0 Å². The minimum Gasteiger partial charge on any atom is -0.462 e. The first-order chi connectivity index (χ1) is 11.4. The number of hydrogen-bond donors (Lipinski definition) is 0. The molecule has 4 heteroatoms. The van der Waals surface area contributed by atoms with Crippen LogP contribution in [-0.2, 0) is 19.1 Å². The summed E-state index contributed by atoms with van der Waals surface area (Å²) in [7, 11) is 0. The Morgan fingerprint density at radius 3 is 2.62 bits per heavy atom. The largest absolute Gasteiger partial charge is 0.462 e. The molecule has 5 atom stereocenters.